The van der Waals surface area contributed by atoms with E-state index in [1.807, 2.05) is 30.3 Å². The number of nitrogen functional groups attached to an aromatic ring is 1. The number of aromatic nitrogens is 1. The van der Waals surface area contributed by atoms with Crippen LogP contribution in [0.1, 0.15) is 12.1 Å². The molecule has 0 saturated heterocycles. The average molecular weight is 280 g/mol. The number of hydrogen-bond donors (Lipinski definition) is 1. The SMILES string of the molecule is N#CCCN(C(=O)Cc1ccc(N)cn1)c1ccccc1. The van der Waals surface area contributed by atoms with Crippen LogP contribution < -0.4 is 10.6 Å². The summed E-state index contributed by atoms with van der Waals surface area (Å²) >= 11 is 0. The van der Waals surface area contributed by atoms with Gasteiger partial charge in [-0.3, -0.25) is 9.78 Å². The molecule has 0 bridgehead atoms. The molecule has 106 valence electrons. The summed E-state index contributed by atoms with van der Waals surface area (Å²) in [7, 11) is 0. The molecule has 2 aromatic rings. The van der Waals surface area contributed by atoms with Crippen molar-refractivity contribution in [1.82, 2.24) is 4.98 Å². The minimum atomic E-state index is -0.0891. The Bertz CT molecular complexity index is 632. The topological polar surface area (TPSA) is 83.0 Å². The highest BCUT2D eigenvalue weighted by Crippen LogP contribution is 2.15. The molecule has 5 heteroatoms. The van der Waals surface area contributed by atoms with Gasteiger partial charge in [-0.1, -0.05) is 18.2 Å². The van der Waals surface area contributed by atoms with Crippen LogP contribution in [0.2, 0.25) is 0 Å². The first-order chi connectivity index (χ1) is 10.2. The molecule has 0 atom stereocenters. The molecule has 21 heavy (non-hydrogen) atoms. The van der Waals surface area contributed by atoms with Gasteiger partial charge in [0.1, 0.15) is 0 Å². The van der Waals surface area contributed by atoms with Gasteiger partial charge in [0.2, 0.25) is 5.91 Å². The number of amides is 1. The van der Waals surface area contributed by atoms with Crippen molar-refractivity contribution < 1.29 is 4.79 Å². The van der Waals surface area contributed by atoms with Gasteiger partial charge in [-0.25, -0.2) is 0 Å². The fourth-order valence-electron chi connectivity index (χ4n) is 1.96. The number of anilines is 2. The molecule has 2 N–H and O–H groups in total. The van der Waals surface area contributed by atoms with E-state index in [9.17, 15) is 4.79 Å². The summed E-state index contributed by atoms with van der Waals surface area (Å²) in [6.07, 6.45) is 2.00. The van der Waals surface area contributed by atoms with Crippen molar-refractivity contribution in [3.05, 3.63) is 54.4 Å². The summed E-state index contributed by atoms with van der Waals surface area (Å²) in [6.45, 7) is 0.369. The largest absolute Gasteiger partial charge is 0.397 e. The second-order valence-electron chi connectivity index (χ2n) is 4.55. The highest BCUT2D eigenvalue weighted by Gasteiger charge is 2.16. The molecule has 1 heterocycles. The lowest BCUT2D eigenvalue weighted by Gasteiger charge is -2.21. The van der Waals surface area contributed by atoms with Crippen LogP contribution in [0.25, 0.3) is 0 Å². The number of hydrogen-bond acceptors (Lipinski definition) is 4. The Balaban J connectivity index is 2.14. The lowest BCUT2D eigenvalue weighted by molar-refractivity contribution is -0.118. The lowest BCUT2D eigenvalue weighted by Crippen LogP contribution is -2.33. The van der Waals surface area contributed by atoms with E-state index in [4.69, 9.17) is 11.0 Å². The summed E-state index contributed by atoms with van der Waals surface area (Å²) in [5.41, 5.74) is 7.59. The first-order valence-corrected chi connectivity index (χ1v) is 6.63. The summed E-state index contributed by atoms with van der Waals surface area (Å²) in [4.78, 5) is 18.2. The smallest absolute Gasteiger partial charge is 0.233 e. The van der Waals surface area contributed by atoms with Gasteiger partial charge in [-0.05, 0) is 24.3 Å². The maximum atomic E-state index is 12.4. The van der Waals surface area contributed by atoms with E-state index in [-0.39, 0.29) is 18.7 Å². The summed E-state index contributed by atoms with van der Waals surface area (Å²) < 4.78 is 0. The molecule has 1 aromatic carbocycles. The van der Waals surface area contributed by atoms with Crippen LogP contribution in [0.4, 0.5) is 11.4 Å². The third kappa shape index (κ3) is 4.05. The zero-order chi connectivity index (χ0) is 15.1. The minimum Gasteiger partial charge on any atom is -0.397 e. The van der Waals surface area contributed by atoms with Gasteiger partial charge in [0.25, 0.3) is 0 Å². The molecular weight excluding hydrogens is 264 g/mol. The number of nitrogens with two attached hydrogens (primary N) is 1. The van der Waals surface area contributed by atoms with E-state index in [0.29, 0.717) is 17.9 Å². The number of benzene rings is 1. The van der Waals surface area contributed by atoms with E-state index < -0.39 is 0 Å². The van der Waals surface area contributed by atoms with Gasteiger partial charge in [0.15, 0.2) is 0 Å². The summed E-state index contributed by atoms with van der Waals surface area (Å²) in [6, 6.07) is 14.8. The second kappa shape index (κ2) is 7.06. The maximum absolute atomic E-state index is 12.4. The lowest BCUT2D eigenvalue weighted by atomic mass is 10.2. The summed E-state index contributed by atoms with van der Waals surface area (Å²) in [5.74, 6) is -0.0891. The minimum absolute atomic E-state index is 0.0891. The van der Waals surface area contributed by atoms with Crippen LogP contribution in [0.15, 0.2) is 48.7 Å². The number of pyridine rings is 1. The molecule has 0 aliphatic carbocycles. The monoisotopic (exact) mass is 280 g/mol. The standard InChI is InChI=1S/C16H16N4O/c17-9-4-10-20(15-5-2-1-3-6-15)16(21)11-14-8-7-13(18)12-19-14/h1-3,5-8,12H,4,10-11,18H2. The molecule has 0 radical (unpaired) electrons. The molecule has 1 aromatic heterocycles. The fraction of sp³-hybridized carbons (Fsp3) is 0.188. The van der Waals surface area contributed by atoms with Crippen LogP contribution >= 0.6 is 0 Å². The molecule has 2 rings (SSSR count). The van der Waals surface area contributed by atoms with Crippen LogP contribution in [-0.2, 0) is 11.2 Å². The molecule has 1 amide bonds. The average Bonchev–Trinajstić information content (AvgIpc) is 2.51. The highest BCUT2D eigenvalue weighted by molar-refractivity contribution is 5.94. The van der Waals surface area contributed by atoms with Crippen molar-refractivity contribution in [2.75, 3.05) is 17.2 Å². The third-order valence-corrected chi connectivity index (χ3v) is 3.00. The Morgan fingerprint density at radius 1 is 1.24 bits per heavy atom. The van der Waals surface area contributed by atoms with Crippen molar-refractivity contribution in [3.8, 4) is 6.07 Å². The van der Waals surface area contributed by atoms with E-state index in [2.05, 4.69) is 11.1 Å². The Hall–Kier alpha value is -2.87. The third-order valence-electron chi connectivity index (χ3n) is 3.00. The molecule has 0 spiro atoms. The molecule has 0 aliphatic rings. The normalized spacial score (nSPS) is 9.86. The van der Waals surface area contributed by atoms with Gasteiger partial charge >= 0.3 is 0 Å². The number of carbonyl (C=O) groups excluding carboxylic acids is 1. The first-order valence-electron chi connectivity index (χ1n) is 6.63. The van der Waals surface area contributed by atoms with E-state index in [1.54, 1.807) is 17.0 Å². The van der Waals surface area contributed by atoms with Crippen molar-refractivity contribution in [1.29, 1.82) is 5.26 Å². The van der Waals surface area contributed by atoms with Gasteiger partial charge in [0.05, 0.1) is 30.8 Å². The van der Waals surface area contributed by atoms with E-state index in [0.717, 1.165) is 5.69 Å². The van der Waals surface area contributed by atoms with Crippen LogP contribution in [0.3, 0.4) is 0 Å². The number of nitrogens with zero attached hydrogens (tertiary/aromatic N) is 3. The Labute approximate surface area is 123 Å². The fourth-order valence-corrected chi connectivity index (χ4v) is 1.96. The quantitative estimate of drug-likeness (QED) is 0.909. The molecular formula is C16H16N4O. The Kier molecular flexibility index (Phi) is 4.89. The van der Waals surface area contributed by atoms with Gasteiger partial charge < -0.3 is 10.6 Å². The zero-order valence-electron chi connectivity index (χ0n) is 11.6. The van der Waals surface area contributed by atoms with Gasteiger partial charge in [-0.15, -0.1) is 0 Å². The number of nitriles is 1. The molecule has 0 unspecified atom stereocenters. The first kappa shape index (κ1) is 14.5. The Morgan fingerprint density at radius 3 is 2.62 bits per heavy atom. The second-order valence-corrected chi connectivity index (χ2v) is 4.55. The number of carbonyl (C=O) groups is 1. The molecule has 0 aliphatic heterocycles. The zero-order valence-corrected chi connectivity index (χ0v) is 11.6. The van der Waals surface area contributed by atoms with Gasteiger partial charge in [-0.2, -0.15) is 5.26 Å². The molecule has 5 nitrogen and oxygen atoms in total. The van der Waals surface area contributed by atoms with Gasteiger partial charge in [0, 0.05) is 17.9 Å². The van der Waals surface area contributed by atoms with E-state index in [1.165, 1.54) is 6.20 Å². The molecule has 0 fully saturated rings. The van der Waals surface area contributed by atoms with Crippen molar-refractivity contribution in [2.45, 2.75) is 12.8 Å². The molecule has 0 saturated carbocycles. The van der Waals surface area contributed by atoms with Crippen molar-refractivity contribution in [2.24, 2.45) is 0 Å². The van der Waals surface area contributed by atoms with Crippen molar-refractivity contribution >= 4 is 17.3 Å². The number of para-hydroxylation sites is 1. The van der Waals surface area contributed by atoms with Crippen LogP contribution in [0.5, 0.6) is 0 Å². The summed E-state index contributed by atoms with van der Waals surface area (Å²) in [5, 5.41) is 8.75. The highest BCUT2D eigenvalue weighted by atomic mass is 16.2. The Morgan fingerprint density at radius 2 is 2.00 bits per heavy atom. The predicted octanol–water partition coefficient (Wildman–Crippen LogP) is 2.15. The van der Waals surface area contributed by atoms with Crippen molar-refractivity contribution in [3.63, 3.8) is 0 Å². The van der Waals surface area contributed by atoms with Crippen LogP contribution in [0, 0.1) is 11.3 Å². The van der Waals surface area contributed by atoms with E-state index >= 15 is 0 Å². The predicted molar refractivity (Wildman–Crippen MR) is 81.4 cm³/mol. The maximum Gasteiger partial charge on any atom is 0.233 e. The van der Waals surface area contributed by atoms with Crippen LogP contribution in [-0.4, -0.2) is 17.4 Å². The number of rotatable bonds is 5.